The maximum atomic E-state index is 12.6. The van der Waals surface area contributed by atoms with E-state index in [1.54, 1.807) is 11.9 Å². The summed E-state index contributed by atoms with van der Waals surface area (Å²) in [5.74, 6) is 0.225. The zero-order valence-electron chi connectivity index (χ0n) is 11.8. The fraction of sp³-hybridized carbons (Fsp3) is 0.467. The highest BCUT2D eigenvalue weighted by atomic mass is 32.1. The first kappa shape index (κ1) is 15.6. The molecule has 104 valence electrons. The molecule has 0 aromatic heterocycles. The van der Waals surface area contributed by atoms with Crippen LogP contribution in [0.3, 0.4) is 0 Å². The molecule has 4 heteroatoms. The van der Waals surface area contributed by atoms with Crippen molar-refractivity contribution in [3.05, 3.63) is 35.9 Å². The van der Waals surface area contributed by atoms with Crippen LogP contribution in [0, 0.1) is 5.92 Å². The molecular formula is C15H22N2OS. The molecule has 1 aromatic carbocycles. The fourth-order valence-corrected chi connectivity index (χ4v) is 2.35. The number of hydrogen-bond donors (Lipinski definition) is 1. The highest BCUT2D eigenvalue weighted by molar-refractivity contribution is 7.80. The number of likely N-dealkylation sites (N-methyl/N-ethyl adjacent to an activating group) is 1. The van der Waals surface area contributed by atoms with Crippen LogP contribution in [0.5, 0.6) is 0 Å². The van der Waals surface area contributed by atoms with E-state index in [0.29, 0.717) is 11.5 Å². The number of amides is 1. The van der Waals surface area contributed by atoms with Gasteiger partial charge < -0.3 is 10.6 Å². The lowest BCUT2D eigenvalue weighted by Crippen LogP contribution is -2.39. The molecule has 0 saturated heterocycles. The maximum Gasteiger partial charge on any atom is 0.230 e. The Morgan fingerprint density at radius 2 is 1.95 bits per heavy atom. The number of nitrogens with zero attached hydrogens (tertiary/aromatic N) is 1. The summed E-state index contributed by atoms with van der Waals surface area (Å²) in [6, 6.07) is 9.89. The van der Waals surface area contributed by atoms with Crippen LogP contribution in [0.15, 0.2) is 30.3 Å². The second kappa shape index (κ2) is 7.24. The summed E-state index contributed by atoms with van der Waals surface area (Å²) in [7, 11) is 1.75. The van der Waals surface area contributed by atoms with Crippen LogP contribution < -0.4 is 5.73 Å². The normalized spacial score (nSPS) is 13.6. The van der Waals surface area contributed by atoms with Gasteiger partial charge in [-0.1, -0.05) is 62.8 Å². The maximum absolute atomic E-state index is 12.6. The Balaban J connectivity index is 2.98. The molecule has 0 heterocycles. The smallest absolute Gasteiger partial charge is 0.230 e. The Morgan fingerprint density at radius 3 is 2.42 bits per heavy atom. The number of nitrogens with two attached hydrogens (primary N) is 1. The number of benzene rings is 1. The van der Waals surface area contributed by atoms with Crippen LogP contribution in [0.25, 0.3) is 0 Å². The van der Waals surface area contributed by atoms with Gasteiger partial charge in [0.2, 0.25) is 5.91 Å². The second-order valence-electron chi connectivity index (χ2n) is 4.93. The van der Waals surface area contributed by atoms with Gasteiger partial charge in [0.1, 0.15) is 0 Å². The predicted octanol–water partition coefficient (Wildman–Crippen LogP) is 2.56. The van der Waals surface area contributed by atoms with E-state index in [1.165, 1.54) is 0 Å². The van der Waals surface area contributed by atoms with Crippen molar-refractivity contribution in [1.29, 1.82) is 0 Å². The monoisotopic (exact) mass is 278 g/mol. The van der Waals surface area contributed by atoms with Crippen LogP contribution in [-0.2, 0) is 4.79 Å². The van der Waals surface area contributed by atoms with Gasteiger partial charge in [-0.05, 0) is 11.5 Å². The van der Waals surface area contributed by atoms with E-state index in [4.69, 9.17) is 18.0 Å². The van der Waals surface area contributed by atoms with Crippen molar-refractivity contribution in [2.24, 2.45) is 11.7 Å². The molecule has 0 spiro atoms. The van der Waals surface area contributed by atoms with E-state index in [0.717, 1.165) is 12.0 Å². The topological polar surface area (TPSA) is 46.3 Å². The zero-order valence-corrected chi connectivity index (χ0v) is 12.6. The summed E-state index contributed by atoms with van der Waals surface area (Å²) in [5, 5.41) is 0. The van der Waals surface area contributed by atoms with Crippen LogP contribution >= 0.6 is 12.2 Å². The van der Waals surface area contributed by atoms with Gasteiger partial charge in [0.25, 0.3) is 0 Å². The van der Waals surface area contributed by atoms with Crippen molar-refractivity contribution < 1.29 is 4.79 Å². The molecule has 0 fully saturated rings. The van der Waals surface area contributed by atoms with E-state index in [9.17, 15) is 4.79 Å². The quantitative estimate of drug-likeness (QED) is 0.814. The lowest BCUT2D eigenvalue weighted by Gasteiger charge is -2.27. The molecule has 0 radical (unpaired) electrons. The number of thiocarbonyl (C=S) groups is 1. The SMILES string of the molecule is CCC(C)C(C(=O)N(C)CC(N)=S)c1ccccc1. The van der Waals surface area contributed by atoms with Crippen molar-refractivity contribution in [2.45, 2.75) is 26.2 Å². The van der Waals surface area contributed by atoms with E-state index in [1.807, 2.05) is 30.3 Å². The van der Waals surface area contributed by atoms with Gasteiger partial charge in [-0.15, -0.1) is 0 Å². The van der Waals surface area contributed by atoms with E-state index >= 15 is 0 Å². The predicted molar refractivity (Wildman–Crippen MR) is 83.1 cm³/mol. The van der Waals surface area contributed by atoms with E-state index in [2.05, 4.69) is 13.8 Å². The molecule has 19 heavy (non-hydrogen) atoms. The minimum Gasteiger partial charge on any atom is -0.392 e. The summed E-state index contributed by atoms with van der Waals surface area (Å²) < 4.78 is 0. The molecule has 1 aromatic rings. The molecular weight excluding hydrogens is 256 g/mol. The van der Waals surface area contributed by atoms with Crippen molar-refractivity contribution in [2.75, 3.05) is 13.6 Å². The molecule has 0 saturated carbocycles. The zero-order chi connectivity index (χ0) is 14.4. The summed E-state index contributed by atoms with van der Waals surface area (Å²) in [6.07, 6.45) is 0.951. The molecule has 0 aliphatic heterocycles. The van der Waals surface area contributed by atoms with Crippen LogP contribution in [0.2, 0.25) is 0 Å². The fourth-order valence-electron chi connectivity index (χ4n) is 2.16. The first-order valence-corrected chi connectivity index (χ1v) is 6.96. The first-order chi connectivity index (χ1) is 8.97. The second-order valence-corrected chi connectivity index (χ2v) is 5.46. The Kier molecular flexibility index (Phi) is 5.96. The summed E-state index contributed by atoms with van der Waals surface area (Å²) >= 11 is 4.87. The summed E-state index contributed by atoms with van der Waals surface area (Å²) in [4.78, 5) is 14.5. The molecule has 0 aliphatic carbocycles. The molecule has 3 nitrogen and oxygen atoms in total. The Bertz CT molecular complexity index is 433. The third-order valence-electron chi connectivity index (χ3n) is 3.41. The van der Waals surface area contributed by atoms with Crippen LogP contribution in [0.4, 0.5) is 0 Å². The number of carbonyl (C=O) groups is 1. The third-order valence-corrected chi connectivity index (χ3v) is 3.54. The van der Waals surface area contributed by atoms with Gasteiger partial charge in [-0.25, -0.2) is 0 Å². The molecule has 2 unspecified atom stereocenters. The summed E-state index contributed by atoms with van der Waals surface area (Å²) in [6.45, 7) is 4.53. The molecule has 0 bridgehead atoms. The first-order valence-electron chi connectivity index (χ1n) is 6.55. The van der Waals surface area contributed by atoms with E-state index < -0.39 is 0 Å². The lowest BCUT2D eigenvalue weighted by atomic mass is 9.84. The van der Waals surface area contributed by atoms with Gasteiger partial charge in [0.05, 0.1) is 17.5 Å². The highest BCUT2D eigenvalue weighted by Gasteiger charge is 2.28. The minimum atomic E-state index is -0.134. The van der Waals surface area contributed by atoms with Crippen LogP contribution in [0.1, 0.15) is 31.7 Å². The Hall–Kier alpha value is -1.42. The van der Waals surface area contributed by atoms with E-state index in [-0.39, 0.29) is 17.7 Å². The Morgan fingerprint density at radius 1 is 1.37 bits per heavy atom. The van der Waals surface area contributed by atoms with Crippen molar-refractivity contribution in [3.8, 4) is 0 Å². The highest BCUT2D eigenvalue weighted by Crippen LogP contribution is 2.28. The average molecular weight is 278 g/mol. The molecule has 0 aliphatic rings. The largest absolute Gasteiger partial charge is 0.392 e. The van der Waals surface area contributed by atoms with Crippen molar-refractivity contribution >= 4 is 23.1 Å². The van der Waals surface area contributed by atoms with Crippen LogP contribution in [-0.4, -0.2) is 29.4 Å². The average Bonchev–Trinajstić information content (AvgIpc) is 2.39. The van der Waals surface area contributed by atoms with Gasteiger partial charge in [-0.3, -0.25) is 4.79 Å². The number of hydrogen-bond acceptors (Lipinski definition) is 2. The Labute approximate surface area is 120 Å². The lowest BCUT2D eigenvalue weighted by molar-refractivity contribution is -0.132. The molecule has 1 amide bonds. The van der Waals surface area contributed by atoms with Gasteiger partial charge in [0.15, 0.2) is 0 Å². The standard InChI is InChI=1S/C15H22N2OS/c1-4-11(2)14(12-8-6-5-7-9-12)15(18)17(3)10-13(16)19/h5-9,11,14H,4,10H2,1-3H3,(H2,16,19). The number of rotatable bonds is 6. The van der Waals surface area contributed by atoms with Crippen molar-refractivity contribution in [3.63, 3.8) is 0 Å². The molecule has 2 atom stereocenters. The molecule has 1 rings (SSSR count). The molecule has 2 N–H and O–H groups in total. The third kappa shape index (κ3) is 4.31. The van der Waals surface area contributed by atoms with Gasteiger partial charge >= 0.3 is 0 Å². The minimum absolute atomic E-state index is 0.0772. The van der Waals surface area contributed by atoms with Gasteiger partial charge in [0, 0.05) is 7.05 Å². The number of carbonyl (C=O) groups excluding carboxylic acids is 1. The van der Waals surface area contributed by atoms with Crippen molar-refractivity contribution in [1.82, 2.24) is 4.90 Å². The van der Waals surface area contributed by atoms with Gasteiger partial charge in [-0.2, -0.15) is 0 Å². The summed E-state index contributed by atoms with van der Waals surface area (Å²) in [5.41, 5.74) is 6.57.